The fraction of sp³-hybridized carbons (Fsp3) is 0.467. The minimum absolute atomic E-state index is 0.0528. The fourth-order valence-corrected chi connectivity index (χ4v) is 2.52. The lowest BCUT2D eigenvalue weighted by molar-refractivity contribution is -0.137. The first-order valence-electron chi connectivity index (χ1n) is 7.06. The van der Waals surface area contributed by atoms with Crippen molar-refractivity contribution in [3.63, 3.8) is 0 Å². The molecule has 3 rings (SSSR count). The summed E-state index contributed by atoms with van der Waals surface area (Å²) in [6.07, 6.45) is 1.87. The summed E-state index contributed by atoms with van der Waals surface area (Å²) in [5, 5.41) is 11.8. The van der Waals surface area contributed by atoms with Crippen LogP contribution in [0.25, 0.3) is 0 Å². The number of benzene rings is 1. The second-order valence-electron chi connectivity index (χ2n) is 5.35. The van der Waals surface area contributed by atoms with Crippen molar-refractivity contribution in [2.45, 2.75) is 25.3 Å². The molecule has 2 N–H and O–H groups in total. The predicted molar refractivity (Wildman–Crippen MR) is 73.7 cm³/mol. The Morgan fingerprint density at radius 2 is 2.05 bits per heavy atom. The molecule has 1 aliphatic carbocycles. The van der Waals surface area contributed by atoms with Gasteiger partial charge in [-0.05, 0) is 30.9 Å². The van der Waals surface area contributed by atoms with E-state index in [1.54, 1.807) is 18.2 Å². The number of hydrogen-bond acceptors (Lipinski definition) is 4. The summed E-state index contributed by atoms with van der Waals surface area (Å²) < 4.78 is 11.0. The van der Waals surface area contributed by atoms with Gasteiger partial charge in [0.15, 0.2) is 11.5 Å². The molecule has 1 aromatic rings. The molecular weight excluding hydrogens is 274 g/mol. The second-order valence-corrected chi connectivity index (χ2v) is 5.35. The summed E-state index contributed by atoms with van der Waals surface area (Å²) in [4.78, 5) is 23.3. The van der Waals surface area contributed by atoms with Gasteiger partial charge in [0.1, 0.15) is 13.2 Å². The maximum absolute atomic E-state index is 12.4. The maximum atomic E-state index is 12.4. The van der Waals surface area contributed by atoms with Crippen LogP contribution in [0.5, 0.6) is 11.5 Å². The van der Waals surface area contributed by atoms with E-state index in [0.29, 0.717) is 30.3 Å². The van der Waals surface area contributed by atoms with Crippen molar-refractivity contribution < 1.29 is 24.2 Å². The highest BCUT2D eigenvalue weighted by Crippen LogP contribution is 2.36. The number of aliphatic carboxylic acids is 1. The Hall–Kier alpha value is -2.24. The highest BCUT2D eigenvalue weighted by atomic mass is 16.6. The molecule has 1 heterocycles. The molecule has 1 atom stereocenters. The summed E-state index contributed by atoms with van der Waals surface area (Å²) in [5.74, 6) is 0.0420. The van der Waals surface area contributed by atoms with E-state index in [4.69, 9.17) is 14.6 Å². The number of carboxylic acid groups (broad SMARTS) is 1. The third-order valence-electron chi connectivity index (χ3n) is 3.71. The molecule has 2 aliphatic rings. The molecule has 6 nitrogen and oxygen atoms in total. The molecule has 0 saturated heterocycles. The van der Waals surface area contributed by atoms with Crippen LogP contribution in [-0.4, -0.2) is 36.2 Å². The SMILES string of the molecule is O=C(O)CC(NC(=O)c1cccc2c1OCCO2)C1CC1. The molecule has 0 bridgehead atoms. The van der Waals surface area contributed by atoms with Gasteiger partial charge in [-0.25, -0.2) is 0 Å². The standard InChI is InChI=1S/C15H17NO5/c17-13(18)8-11(9-4-5-9)16-15(19)10-2-1-3-12-14(10)21-7-6-20-12/h1-3,9,11H,4-8H2,(H,16,19)(H,17,18). The van der Waals surface area contributed by atoms with Gasteiger partial charge in [-0.1, -0.05) is 6.07 Å². The van der Waals surface area contributed by atoms with Crippen molar-refractivity contribution in [3.05, 3.63) is 23.8 Å². The van der Waals surface area contributed by atoms with Gasteiger partial charge in [-0.15, -0.1) is 0 Å². The number of nitrogens with one attached hydrogen (secondary N) is 1. The van der Waals surface area contributed by atoms with Gasteiger partial charge >= 0.3 is 5.97 Å². The molecule has 0 aromatic heterocycles. The number of carbonyl (C=O) groups is 2. The Balaban J connectivity index is 1.77. The van der Waals surface area contributed by atoms with E-state index in [9.17, 15) is 9.59 Å². The van der Waals surface area contributed by atoms with Crippen LogP contribution in [0, 0.1) is 5.92 Å². The molecule has 21 heavy (non-hydrogen) atoms. The van der Waals surface area contributed by atoms with Gasteiger partial charge in [-0.3, -0.25) is 9.59 Å². The lowest BCUT2D eigenvalue weighted by Gasteiger charge is -2.22. The molecule has 1 aliphatic heterocycles. The number of hydrogen-bond donors (Lipinski definition) is 2. The molecule has 6 heteroatoms. The van der Waals surface area contributed by atoms with Gasteiger partial charge in [0, 0.05) is 6.04 Å². The third kappa shape index (κ3) is 3.09. The van der Waals surface area contributed by atoms with Crippen molar-refractivity contribution in [3.8, 4) is 11.5 Å². The minimum Gasteiger partial charge on any atom is -0.486 e. The molecule has 0 radical (unpaired) electrons. The minimum atomic E-state index is -0.901. The normalized spacial score (nSPS) is 17.9. The van der Waals surface area contributed by atoms with Gasteiger partial charge < -0.3 is 19.9 Å². The first kappa shape index (κ1) is 13.7. The van der Waals surface area contributed by atoms with E-state index in [-0.39, 0.29) is 24.3 Å². The molecule has 1 fully saturated rings. The summed E-state index contributed by atoms with van der Waals surface area (Å²) in [7, 11) is 0. The first-order chi connectivity index (χ1) is 10.1. The van der Waals surface area contributed by atoms with Crippen molar-refractivity contribution >= 4 is 11.9 Å². The molecule has 1 amide bonds. The average Bonchev–Trinajstić information content (AvgIpc) is 3.30. The van der Waals surface area contributed by atoms with E-state index >= 15 is 0 Å². The van der Waals surface area contributed by atoms with Gasteiger partial charge in [0.25, 0.3) is 5.91 Å². The molecule has 112 valence electrons. The molecule has 1 saturated carbocycles. The quantitative estimate of drug-likeness (QED) is 0.857. The zero-order valence-electron chi connectivity index (χ0n) is 11.5. The van der Waals surface area contributed by atoms with Crippen molar-refractivity contribution in [2.24, 2.45) is 5.92 Å². The van der Waals surface area contributed by atoms with Crippen LogP contribution >= 0.6 is 0 Å². The van der Waals surface area contributed by atoms with E-state index in [2.05, 4.69) is 5.32 Å². The number of ether oxygens (including phenoxy) is 2. The Kier molecular flexibility index (Phi) is 3.68. The Labute approximate surface area is 122 Å². The number of carbonyl (C=O) groups excluding carboxylic acids is 1. The second kappa shape index (κ2) is 5.63. The van der Waals surface area contributed by atoms with E-state index in [1.807, 2.05) is 0 Å². The molecule has 1 aromatic carbocycles. The van der Waals surface area contributed by atoms with Crippen molar-refractivity contribution in [1.82, 2.24) is 5.32 Å². The lowest BCUT2D eigenvalue weighted by Crippen LogP contribution is -2.38. The first-order valence-corrected chi connectivity index (χ1v) is 7.06. The van der Waals surface area contributed by atoms with E-state index in [1.165, 1.54) is 0 Å². The van der Waals surface area contributed by atoms with Gasteiger partial charge in [0.2, 0.25) is 0 Å². The predicted octanol–water partition coefficient (Wildman–Crippen LogP) is 1.44. The van der Waals surface area contributed by atoms with Crippen LogP contribution in [0.3, 0.4) is 0 Å². The fourth-order valence-electron chi connectivity index (χ4n) is 2.52. The lowest BCUT2D eigenvalue weighted by atomic mass is 10.1. The van der Waals surface area contributed by atoms with Crippen LogP contribution in [0.1, 0.15) is 29.6 Å². The Morgan fingerprint density at radius 1 is 1.29 bits per heavy atom. The van der Waals surface area contributed by atoms with Crippen LogP contribution in [0.2, 0.25) is 0 Å². The largest absolute Gasteiger partial charge is 0.486 e. The molecule has 1 unspecified atom stereocenters. The van der Waals surface area contributed by atoms with Crippen LogP contribution < -0.4 is 14.8 Å². The Morgan fingerprint density at radius 3 is 2.76 bits per heavy atom. The summed E-state index contributed by atoms with van der Waals surface area (Å²) in [6, 6.07) is 4.82. The van der Waals surface area contributed by atoms with E-state index < -0.39 is 5.97 Å². The Bertz CT molecular complexity index is 567. The molecular formula is C15H17NO5. The zero-order chi connectivity index (χ0) is 14.8. The van der Waals surface area contributed by atoms with E-state index in [0.717, 1.165) is 12.8 Å². The van der Waals surface area contributed by atoms with Gasteiger partial charge in [-0.2, -0.15) is 0 Å². The van der Waals surface area contributed by atoms with Crippen LogP contribution in [-0.2, 0) is 4.79 Å². The number of rotatable bonds is 5. The third-order valence-corrected chi connectivity index (χ3v) is 3.71. The highest BCUT2D eigenvalue weighted by Gasteiger charge is 2.34. The number of para-hydroxylation sites is 1. The zero-order valence-corrected chi connectivity index (χ0v) is 11.5. The summed E-state index contributed by atoms with van der Waals surface area (Å²) in [5.41, 5.74) is 0.392. The monoisotopic (exact) mass is 291 g/mol. The number of fused-ring (bicyclic) bond motifs is 1. The maximum Gasteiger partial charge on any atom is 0.305 e. The smallest absolute Gasteiger partial charge is 0.305 e. The summed E-state index contributed by atoms with van der Waals surface area (Å²) in [6.45, 7) is 0.861. The topological polar surface area (TPSA) is 84.9 Å². The van der Waals surface area contributed by atoms with Crippen molar-refractivity contribution in [2.75, 3.05) is 13.2 Å². The molecule has 0 spiro atoms. The van der Waals surface area contributed by atoms with Crippen LogP contribution in [0.4, 0.5) is 0 Å². The number of carboxylic acids is 1. The van der Waals surface area contributed by atoms with Crippen molar-refractivity contribution in [1.29, 1.82) is 0 Å². The van der Waals surface area contributed by atoms with Gasteiger partial charge in [0.05, 0.1) is 12.0 Å². The highest BCUT2D eigenvalue weighted by molar-refractivity contribution is 5.98. The number of amides is 1. The summed E-state index contributed by atoms with van der Waals surface area (Å²) >= 11 is 0. The van der Waals surface area contributed by atoms with Crippen LogP contribution in [0.15, 0.2) is 18.2 Å². The average molecular weight is 291 g/mol.